The predicted molar refractivity (Wildman–Crippen MR) is 34.6 cm³/mol. The lowest BCUT2D eigenvalue weighted by atomic mass is 10.4. The summed E-state index contributed by atoms with van der Waals surface area (Å²) < 4.78 is 17.5. The van der Waals surface area contributed by atoms with Gasteiger partial charge >= 0.3 is 0 Å². The number of nitrogens with one attached hydrogen (secondary N) is 1. The molecule has 0 amide bonds. The Hall–Kier alpha value is -0.190. The summed E-state index contributed by atoms with van der Waals surface area (Å²) >= 11 is 0. The highest BCUT2D eigenvalue weighted by Gasteiger charge is 2.16. The van der Waals surface area contributed by atoms with Crippen molar-refractivity contribution in [1.29, 1.82) is 0 Å². The van der Waals surface area contributed by atoms with Crippen molar-refractivity contribution in [3.05, 3.63) is 0 Å². The summed E-state index contributed by atoms with van der Waals surface area (Å²) in [5.74, 6) is 0. The van der Waals surface area contributed by atoms with Crippen molar-refractivity contribution in [3.63, 3.8) is 0 Å². The standard InChI is InChI=1S/C6H12FNO2/c7-5-1-8-2-6(3-9)10-4-5/h5-6,8-9H,1-4H2/t5-,6-/m0/s1. The molecule has 0 bridgehead atoms. The third-order valence-corrected chi connectivity index (χ3v) is 1.45. The number of hydrogen-bond donors (Lipinski definition) is 2. The van der Waals surface area contributed by atoms with E-state index in [4.69, 9.17) is 9.84 Å². The molecule has 0 aliphatic carbocycles. The monoisotopic (exact) mass is 149 g/mol. The second kappa shape index (κ2) is 3.85. The molecule has 3 nitrogen and oxygen atoms in total. The summed E-state index contributed by atoms with van der Waals surface area (Å²) in [5, 5.41) is 11.5. The predicted octanol–water partition coefficient (Wildman–Crippen LogP) is -0.695. The number of aliphatic hydroxyl groups is 1. The average Bonchev–Trinajstić information content (AvgIpc) is 2.14. The van der Waals surface area contributed by atoms with Gasteiger partial charge in [-0.25, -0.2) is 4.39 Å². The quantitative estimate of drug-likeness (QED) is 0.518. The summed E-state index contributed by atoms with van der Waals surface area (Å²) in [6.07, 6.45) is -1.17. The van der Waals surface area contributed by atoms with Gasteiger partial charge in [-0.3, -0.25) is 0 Å². The normalized spacial score (nSPS) is 35.4. The SMILES string of the molecule is OC[C@@H]1CNC[C@H](F)CO1. The smallest absolute Gasteiger partial charge is 0.136 e. The fourth-order valence-corrected chi connectivity index (χ4v) is 0.877. The fraction of sp³-hybridized carbons (Fsp3) is 1.00. The van der Waals surface area contributed by atoms with E-state index < -0.39 is 6.17 Å². The largest absolute Gasteiger partial charge is 0.394 e. The Morgan fingerprint density at radius 3 is 3.10 bits per heavy atom. The molecule has 0 aromatic heterocycles. The molecule has 0 aromatic carbocycles. The van der Waals surface area contributed by atoms with Gasteiger partial charge in [-0.1, -0.05) is 0 Å². The summed E-state index contributed by atoms with van der Waals surface area (Å²) in [7, 11) is 0. The van der Waals surface area contributed by atoms with Gasteiger partial charge in [-0.05, 0) is 0 Å². The van der Waals surface area contributed by atoms with Crippen LogP contribution in [0.3, 0.4) is 0 Å². The molecule has 1 aliphatic rings. The van der Waals surface area contributed by atoms with E-state index in [9.17, 15) is 4.39 Å². The number of rotatable bonds is 1. The van der Waals surface area contributed by atoms with Crippen LogP contribution in [0.5, 0.6) is 0 Å². The Balaban J connectivity index is 2.26. The first-order valence-corrected chi connectivity index (χ1v) is 3.40. The van der Waals surface area contributed by atoms with Gasteiger partial charge in [0.15, 0.2) is 0 Å². The van der Waals surface area contributed by atoms with E-state index in [0.717, 1.165) is 0 Å². The Labute approximate surface area is 59.2 Å². The van der Waals surface area contributed by atoms with Gasteiger partial charge in [-0.15, -0.1) is 0 Å². The number of hydrogen-bond acceptors (Lipinski definition) is 3. The van der Waals surface area contributed by atoms with Crippen LogP contribution in [-0.2, 0) is 4.74 Å². The maximum absolute atomic E-state index is 12.5. The second-order valence-electron chi connectivity index (χ2n) is 2.39. The van der Waals surface area contributed by atoms with Crippen LogP contribution >= 0.6 is 0 Å². The van der Waals surface area contributed by atoms with Crippen LogP contribution in [0.1, 0.15) is 0 Å². The van der Waals surface area contributed by atoms with Crippen LogP contribution < -0.4 is 5.32 Å². The highest BCUT2D eigenvalue weighted by atomic mass is 19.1. The van der Waals surface area contributed by atoms with Crippen molar-refractivity contribution in [2.24, 2.45) is 0 Å². The summed E-state index contributed by atoms with van der Waals surface area (Å²) in [6, 6.07) is 0. The molecule has 0 spiro atoms. The number of ether oxygens (including phenoxy) is 1. The molecule has 0 radical (unpaired) electrons. The van der Waals surface area contributed by atoms with Crippen LogP contribution in [0.4, 0.5) is 4.39 Å². The van der Waals surface area contributed by atoms with E-state index in [1.807, 2.05) is 0 Å². The zero-order chi connectivity index (χ0) is 7.40. The first-order chi connectivity index (χ1) is 4.83. The Bertz CT molecular complexity index is 102. The van der Waals surface area contributed by atoms with Gasteiger partial charge in [0.1, 0.15) is 6.17 Å². The van der Waals surface area contributed by atoms with Gasteiger partial charge in [0.25, 0.3) is 0 Å². The van der Waals surface area contributed by atoms with Gasteiger partial charge in [0.05, 0.1) is 19.3 Å². The molecule has 1 heterocycles. The first-order valence-electron chi connectivity index (χ1n) is 3.40. The van der Waals surface area contributed by atoms with Crippen molar-refractivity contribution in [2.45, 2.75) is 12.3 Å². The molecule has 0 aromatic rings. The second-order valence-corrected chi connectivity index (χ2v) is 2.39. The van der Waals surface area contributed by atoms with E-state index in [2.05, 4.69) is 5.32 Å². The van der Waals surface area contributed by atoms with Gasteiger partial charge in [-0.2, -0.15) is 0 Å². The lowest BCUT2D eigenvalue weighted by Crippen LogP contribution is -2.29. The molecule has 60 valence electrons. The lowest BCUT2D eigenvalue weighted by Gasteiger charge is -2.10. The van der Waals surface area contributed by atoms with E-state index in [-0.39, 0.29) is 19.3 Å². The van der Waals surface area contributed by atoms with Crippen molar-refractivity contribution >= 4 is 0 Å². The highest BCUT2D eigenvalue weighted by Crippen LogP contribution is 1.99. The van der Waals surface area contributed by atoms with Crippen molar-refractivity contribution < 1.29 is 14.2 Å². The Morgan fingerprint density at radius 2 is 2.40 bits per heavy atom. The van der Waals surface area contributed by atoms with Crippen LogP contribution in [0.15, 0.2) is 0 Å². The molecule has 1 fully saturated rings. The first kappa shape index (κ1) is 7.91. The minimum Gasteiger partial charge on any atom is -0.394 e. The van der Waals surface area contributed by atoms with Gasteiger partial charge in [0.2, 0.25) is 0 Å². The third kappa shape index (κ3) is 2.21. The summed E-state index contributed by atoms with van der Waals surface area (Å²) in [6.45, 7) is 0.922. The maximum atomic E-state index is 12.5. The molecule has 4 heteroatoms. The molecule has 1 saturated heterocycles. The van der Waals surface area contributed by atoms with Crippen LogP contribution in [0, 0.1) is 0 Å². The molecule has 2 atom stereocenters. The zero-order valence-corrected chi connectivity index (χ0v) is 5.72. The molecule has 0 saturated carbocycles. The number of alkyl halides is 1. The van der Waals surface area contributed by atoms with Crippen molar-refractivity contribution in [3.8, 4) is 0 Å². The third-order valence-electron chi connectivity index (χ3n) is 1.45. The lowest BCUT2D eigenvalue weighted by molar-refractivity contribution is 0.00672. The average molecular weight is 149 g/mol. The van der Waals surface area contributed by atoms with Gasteiger partial charge < -0.3 is 15.2 Å². The van der Waals surface area contributed by atoms with Gasteiger partial charge in [0, 0.05) is 13.1 Å². The number of halogens is 1. The Kier molecular flexibility index (Phi) is 3.05. The van der Waals surface area contributed by atoms with Crippen molar-refractivity contribution in [2.75, 3.05) is 26.3 Å². The number of aliphatic hydroxyl groups excluding tert-OH is 1. The van der Waals surface area contributed by atoms with E-state index >= 15 is 0 Å². The summed E-state index contributed by atoms with van der Waals surface area (Å²) in [4.78, 5) is 0. The van der Waals surface area contributed by atoms with Crippen LogP contribution in [-0.4, -0.2) is 43.7 Å². The fourth-order valence-electron chi connectivity index (χ4n) is 0.877. The Morgan fingerprint density at radius 1 is 1.60 bits per heavy atom. The minimum atomic E-state index is -0.934. The molecular weight excluding hydrogens is 137 g/mol. The minimum absolute atomic E-state index is 0.0419. The molecular formula is C6H12FNO2. The van der Waals surface area contributed by atoms with Crippen molar-refractivity contribution in [1.82, 2.24) is 5.32 Å². The van der Waals surface area contributed by atoms with Crippen LogP contribution in [0.25, 0.3) is 0 Å². The molecule has 1 rings (SSSR count). The maximum Gasteiger partial charge on any atom is 0.136 e. The molecule has 1 aliphatic heterocycles. The summed E-state index contributed by atoms with van der Waals surface area (Å²) in [5.41, 5.74) is 0. The molecule has 0 unspecified atom stereocenters. The van der Waals surface area contributed by atoms with E-state index in [0.29, 0.717) is 13.1 Å². The molecule has 10 heavy (non-hydrogen) atoms. The van der Waals surface area contributed by atoms with Crippen LogP contribution in [0.2, 0.25) is 0 Å². The van der Waals surface area contributed by atoms with E-state index in [1.165, 1.54) is 0 Å². The van der Waals surface area contributed by atoms with E-state index in [1.54, 1.807) is 0 Å². The molecule has 2 N–H and O–H groups in total. The topological polar surface area (TPSA) is 41.5 Å². The zero-order valence-electron chi connectivity index (χ0n) is 5.72. The highest BCUT2D eigenvalue weighted by molar-refractivity contribution is 4.69.